The molecule has 1 aromatic heterocycles. The Morgan fingerprint density at radius 3 is 3.05 bits per heavy atom. The van der Waals surface area contributed by atoms with Crippen LogP contribution in [0.3, 0.4) is 0 Å². The standard InChI is InChI=1S/C15H20FN3/c1-19-14-7-3-2-6-12(14)13(18-19)10-15(16)8-4-5-11(17)9-15/h2-3,6-7,11H,4-5,8-10,17H2,1H3. The number of para-hydroxylation sites is 1. The molecule has 0 bridgehead atoms. The molecule has 1 aliphatic rings. The first-order valence-electron chi connectivity index (χ1n) is 6.92. The Bertz CT molecular complexity index is 592. The van der Waals surface area contributed by atoms with Crippen molar-refractivity contribution in [2.75, 3.05) is 0 Å². The molecule has 19 heavy (non-hydrogen) atoms. The van der Waals surface area contributed by atoms with E-state index in [0.717, 1.165) is 29.4 Å². The van der Waals surface area contributed by atoms with Crippen molar-refractivity contribution in [3.63, 3.8) is 0 Å². The first-order valence-corrected chi connectivity index (χ1v) is 6.92. The summed E-state index contributed by atoms with van der Waals surface area (Å²) in [7, 11) is 1.91. The average Bonchev–Trinajstić information content (AvgIpc) is 2.66. The largest absolute Gasteiger partial charge is 0.328 e. The van der Waals surface area contributed by atoms with Gasteiger partial charge in [0.05, 0.1) is 11.2 Å². The molecule has 1 fully saturated rings. The highest BCUT2D eigenvalue weighted by Crippen LogP contribution is 2.35. The second-order valence-electron chi connectivity index (χ2n) is 5.77. The van der Waals surface area contributed by atoms with Gasteiger partial charge in [0, 0.05) is 24.9 Å². The van der Waals surface area contributed by atoms with Crippen molar-refractivity contribution < 1.29 is 4.39 Å². The molecule has 0 spiro atoms. The van der Waals surface area contributed by atoms with Crippen molar-refractivity contribution in [2.45, 2.75) is 43.8 Å². The van der Waals surface area contributed by atoms with Gasteiger partial charge in [0.15, 0.2) is 0 Å². The van der Waals surface area contributed by atoms with Gasteiger partial charge in [-0.25, -0.2) is 4.39 Å². The Morgan fingerprint density at radius 2 is 2.26 bits per heavy atom. The van der Waals surface area contributed by atoms with Crippen LogP contribution in [-0.4, -0.2) is 21.5 Å². The number of aryl methyl sites for hydroxylation is 1. The fourth-order valence-electron chi connectivity index (χ4n) is 3.23. The molecule has 1 saturated carbocycles. The maximum Gasteiger partial charge on any atom is 0.118 e. The van der Waals surface area contributed by atoms with Crippen molar-refractivity contribution in [2.24, 2.45) is 12.8 Å². The molecule has 2 N–H and O–H groups in total. The van der Waals surface area contributed by atoms with Crippen molar-refractivity contribution in [1.82, 2.24) is 9.78 Å². The van der Waals surface area contributed by atoms with Gasteiger partial charge in [0.1, 0.15) is 5.67 Å². The Kier molecular flexibility index (Phi) is 3.05. The summed E-state index contributed by atoms with van der Waals surface area (Å²) in [6.07, 6.45) is 3.25. The number of hydrogen-bond acceptors (Lipinski definition) is 2. The highest BCUT2D eigenvalue weighted by Gasteiger charge is 2.36. The minimum absolute atomic E-state index is 0.00581. The first kappa shape index (κ1) is 12.6. The summed E-state index contributed by atoms with van der Waals surface area (Å²) in [5, 5.41) is 5.55. The number of nitrogens with zero attached hydrogens (tertiary/aromatic N) is 2. The molecule has 0 radical (unpaired) electrons. The summed E-state index contributed by atoms with van der Waals surface area (Å²) in [6.45, 7) is 0. The van der Waals surface area contributed by atoms with Crippen molar-refractivity contribution in [3.05, 3.63) is 30.0 Å². The fourth-order valence-corrected chi connectivity index (χ4v) is 3.23. The Hall–Kier alpha value is -1.42. The SMILES string of the molecule is Cn1nc(CC2(F)CCCC(N)C2)c2ccccc21. The molecule has 3 rings (SSSR count). The summed E-state index contributed by atoms with van der Waals surface area (Å²) < 4.78 is 16.7. The molecule has 0 aliphatic heterocycles. The van der Waals surface area contributed by atoms with E-state index in [9.17, 15) is 4.39 Å². The van der Waals surface area contributed by atoms with E-state index >= 15 is 0 Å². The maximum atomic E-state index is 14.9. The van der Waals surface area contributed by atoms with Gasteiger partial charge in [0.2, 0.25) is 0 Å². The number of benzene rings is 1. The van der Waals surface area contributed by atoms with Gasteiger partial charge < -0.3 is 5.73 Å². The minimum Gasteiger partial charge on any atom is -0.328 e. The predicted molar refractivity (Wildman–Crippen MR) is 74.7 cm³/mol. The molecule has 1 aromatic carbocycles. The zero-order valence-electron chi connectivity index (χ0n) is 11.3. The molecular formula is C15H20FN3. The highest BCUT2D eigenvalue weighted by molar-refractivity contribution is 5.81. The molecule has 0 saturated heterocycles. The number of hydrogen-bond donors (Lipinski definition) is 1. The quantitative estimate of drug-likeness (QED) is 0.903. The number of alkyl halides is 1. The summed E-state index contributed by atoms with van der Waals surface area (Å²) in [5.41, 5.74) is 6.64. The predicted octanol–water partition coefficient (Wildman–Crippen LogP) is 2.73. The van der Waals surface area contributed by atoms with Crippen LogP contribution in [0.4, 0.5) is 4.39 Å². The summed E-state index contributed by atoms with van der Waals surface area (Å²) in [4.78, 5) is 0. The van der Waals surface area contributed by atoms with E-state index in [2.05, 4.69) is 5.10 Å². The van der Waals surface area contributed by atoms with E-state index in [1.165, 1.54) is 0 Å². The van der Waals surface area contributed by atoms with E-state index in [1.807, 2.05) is 36.0 Å². The van der Waals surface area contributed by atoms with Crippen molar-refractivity contribution >= 4 is 10.9 Å². The van der Waals surface area contributed by atoms with Crippen LogP contribution >= 0.6 is 0 Å². The van der Waals surface area contributed by atoms with Crippen LogP contribution in [0.5, 0.6) is 0 Å². The second-order valence-corrected chi connectivity index (χ2v) is 5.77. The zero-order chi connectivity index (χ0) is 13.5. The number of aromatic nitrogens is 2. The molecule has 2 aromatic rings. The Balaban J connectivity index is 1.93. The van der Waals surface area contributed by atoms with Crippen LogP contribution < -0.4 is 5.73 Å². The number of rotatable bonds is 2. The molecule has 2 atom stereocenters. The fraction of sp³-hybridized carbons (Fsp3) is 0.533. The number of nitrogens with two attached hydrogens (primary N) is 1. The molecule has 1 aliphatic carbocycles. The highest BCUT2D eigenvalue weighted by atomic mass is 19.1. The molecule has 2 unspecified atom stereocenters. The molecule has 4 heteroatoms. The maximum absolute atomic E-state index is 14.9. The van der Waals surface area contributed by atoms with Gasteiger partial charge in [-0.1, -0.05) is 18.2 Å². The van der Waals surface area contributed by atoms with Crippen LogP contribution in [0.2, 0.25) is 0 Å². The normalized spacial score (nSPS) is 27.8. The van der Waals surface area contributed by atoms with Crippen LogP contribution in [0.1, 0.15) is 31.4 Å². The van der Waals surface area contributed by atoms with E-state index in [1.54, 1.807) is 0 Å². The second kappa shape index (κ2) is 4.60. The van der Waals surface area contributed by atoms with Crippen LogP contribution in [0, 0.1) is 0 Å². The minimum atomic E-state index is -1.19. The monoisotopic (exact) mass is 261 g/mol. The third kappa shape index (κ3) is 2.37. The molecule has 102 valence electrons. The molecule has 1 heterocycles. The molecule has 3 nitrogen and oxygen atoms in total. The first-order chi connectivity index (χ1) is 9.07. The van der Waals surface area contributed by atoms with Gasteiger partial charge in [-0.15, -0.1) is 0 Å². The van der Waals surface area contributed by atoms with E-state index in [4.69, 9.17) is 5.73 Å². The van der Waals surface area contributed by atoms with Crippen LogP contribution in [-0.2, 0) is 13.5 Å². The Labute approximate surface area is 112 Å². The van der Waals surface area contributed by atoms with Gasteiger partial charge >= 0.3 is 0 Å². The summed E-state index contributed by atoms with van der Waals surface area (Å²) >= 11 is 0. The lowest BCUT2D eigenvalue weighted by atomic mass is 9.80. The lowest BCUT2D eigenvalue weighted by Gasteiger charge is -2.32. The van der Waals surface area contributed by atoms with E-state index < -0.39 is 5.67 Å². The number of fused-ring (bicyclic) bond motifs is 1. The lowest BCUT2D eigenvalue weighted by Crippen LogP contribution is -2.39. The van der Waals surface area contributed by atoms with E-state index in [-0.39, 0.29) is 6.04 Å². The van der Waals surface area contributed by atoms with E-state index in [0.29, 0.717) is 19.3 Å². The molecule has 0 amide bonds. The smallest absolute Gasteiger partial charge is 0.118 e. The van der Waals surface area contributed by atoms with Gasteiger partial charge in [0.25, 0.3) is 0 Å². The third-order valence-corrected chi connectivity index (χ3v) is 4.15. The van der Waals surface area contributed by atoms with Gasteiger partial charge in [-0.05, 0) is 31.7 Å². The van der Waals surface area contributed by atoms with Gasteiger partial charge in [-0.2, -0.15) is 5.10 Å². The molecular weight excluding hydrogens is 241 g/mol. The Morgan fingerprint density at radius 1 is 1.47 bits per heavy atom. The van der Waals surface area contributed by atoms with Crippen molar-refractivity contribution in [1.29, 1.82) is 0 Å². The van der Waals surface area contributed by atoms with Crippen molar-refractivity contribution in [3.8, 4) is 0 Å². The van der Waals surface area contributed by atoms with Crippen LogP contribution in [0.15, 0.2) is 24.3 Å². The zero-order valence-corrected chi connectivity index (χ0v) is 11.3. The summed E-state index contributed by atoms with van der Waals surface area (Å²) in [6, 6.07) is 7.99. The third-order valence-electron chi connectivity index (χ3n) is 4.15. The van der Waals surface area contributed by atoms with Gasteiger partial charge in [-0.3, -0.25) is 4.68 Å². The lowest BCUT2D eigenvalue weighted by molar-refractivity contribution is 0.0956. The average molecular weight is 261 g/mol. The number of halogens is 1. The summed E-state index contributed by atoms with van der Waals surface area (Å²) in [5.74, 6) is 0. The van der Waals surface area contributed by atoms with Crippen LogP contribution in [0.25, 0.3) is 10.9 Å². The topological polar surface area (TPSA) is 43.8 Å².